The lowest BCUT2D eigenvalue weighted by molar-refractivity contribution is 0.234. The van der Waals surface area contributed by atoms with E-state index in [2.05, 4.69) is 15.6 Å². The number of halogens is 2. The van der Waals surface area contributed by atoms with Gasteiger partial charge in [-0.2, -0.15) is 0 Å². The van der Waals surface area contributed by atoms with Crippen LogP contribution in [0.5, 0.6) is 5.75 Å². The molecule has 1 aromatic carbocycles. The van der Waals surface area contributed by atoms with Crippen LogP contribution in [-0.4, -0.2) is 17.7 Å². The first-order valence-corrected chi connectivity index (χ1v) is 7.27. The number of hydrogen-bond acceptors (Lipinski definition) is 3. The summed E-state index contributed by atoms with van der Waals surface area (Å²) in [5.41, 5.74) is 1.84. The molecular weight excluding hydrogens is 325 g/mol. The summed E-state index contributed by atoms with van der Waals surface area (Å²) in [6.07, 6.45) is 1.51. The number of carbonyl (C=O) groups is 1. The van der Waals surface area contributed by atoms with E-state index in [1.807, 2.05) is 26.0 Å². The van der Waals surface area contributed by atoms with Gasteiger partial charge in [0.25, 0.3) is 0 Å². The highest BCUT2D eigenvalue weighted by Crippen LogP contribution is 2.25. The molecule has 7 heteroatoms. The molecule has 1 heterocycles. The van der Waals surface area contributed by atoms with E-state index in [0.717, 1.165) is 11.1 Å². The molecule has 0 radical (unpaired) electrons. The second-order valence-corrected chi connectivity index (χ2v) is 5.46. The van der Waals surface area contributed by atoms with E-state index >= 15 is 0 Å². The fourth-order valence-electron chi connectivity index (χ4n) is 1.81. The van der Waals surface area contributed by atoms with Gasteiger partial charge < -0.3 is 10.1 Å². The third kappa shape index (κ3) is 4.51. The van der Waals surface area contributed by atoms with Crippen molar-refractivity contribution in [2.75, 3.05) is 12.0 Å². The van der Waals surface area contributed by atoms with Crippen molar-refractivity contribution in [2.24, 2.45) is 0 Å². The minimum Gasteiger partial charge on any atom is -0.473 e. The normalized spacial score (nSPS) is 10.2. The number of rotatable bonds is 4. The zero-order valence-electron chi connectivity index (χ0n) is 12.1. The number of nitrogens with one attached hydrogen (secondary N) is 2. The van der Waals surface area contributed by atoms with Crippen molar-refractivity contribution in [2.45, 2.75) is 13.8 Å². The highest BCUT2D eigenvalue weighted by Gasteiger charge is 2.05. The number of ether oxygens (including phenoxy) is 1. The van der Waals surface area contributed by atoms with Crippen molar-refractivity contribution >= 4 is 35.1 Å². The number of urea groups is 1. The van der Waals surface area contributed by atoms with E-state index < -0.39 is 6.03 Å². The number of anilines is 1. The molecule has 2 N–H and O–H groups in total. The van der Waals surface area contributed by atoms with E-state index in [4.69, 9.17) is 27.9 Å². The topological polar surface area (TPSA) is 63.2 Å². The monoisotopic (exact) mass is 339 g/mol. The van der Waals surface area contributed by atoms with Crippen LogP contribution in [0.4, 0.5) is 10.6 Å². The van der Waals surface area contributed by atoms with E-state index in [-0.39, 0.29) is 6.73 Å². The highest BCUT2D eigenvalue weighted by molar-refractivity contribution is 6.32. The Morgan fingerprint density at radius 3 is 2.55 bits per heavy atom. The standard InChI is InChI=1S/C15H15Cl2N3O2/c1-9-5-12(6-10(2)14(9)17)22-8-19-15(21)20-13-7-11(16)3-4-18-13/h3-7H,8H2,1-2H3,(H2,18,19,20,21). The van der Waals surface area contributed by atoms with E-state index in [0.29, 0.717) is 21.6 Å². The summed E-state index contributed by atoms with van der Waals surface area (Å²) >= 11 is 11.9. The molecule has 1 aromatic heterocycles. The number of nitrogens with zero attached hydrogens (tertiary/aromatic N) is 1. The maximum atomic E-state index is 11.7. The minimum atomic E-state index is -0.433. The van der Waals surface area contributed by atoms with Gasteiger partial charge in [0.2, 0.25) is 0 Å². The molecule has 2 aromatic rings. The molecule has 0 unspecified atom stereocenters. The molecular formula is C15H15Cl2N3O2. The summed E-state index contributed by atoms with van der Waals surface area (Å²) < 4.78 is 5.48. The number of hydrogen-bond donors (Lipinski definition) is 2. The zero-order chi connectivity index (χ0) is 16.1. The summed E-state index contributed by atoms with van der Waals surface area (Å²) in [7, 11) is 0. The van der Waals surface area contributed by atoms with E-state index in [9.17, 15) is 4.79 Å². The molecule has 116 valence electrons. The Kier molecular flexibility index (Phi) is 5.46. The first-order chi connectivity index (χ1) is 10.5. The zero-order valence-corrected chi connectivity index (χ0v) is 13.6. The predicted octanol–water partition coefficient (Wildman–Crippen LogP) is 4.16. The van der Waals surface area contributed by atoms with Crippen LogP contribution >= 0.6 is 23.2 Å². The molecule has 2 rings (SSSR count). The summed E-state index contributed by atoms with van der Waals surface area (Å²) in [4.78, 5) is 15.7. The fourth-order valence-corrected chi connectivity index (χ4v) is 2.08. The number of aryl methyl sites for hydroxylation is 2. The lowest BCUT2D eigenvalue weighted by atomic mass is 10.1. The van der Waals surface area contributed by atoms with Crippen LogP contribution in [0, 0.1) is 13.8 Å². The number of benzene rings is 1. The molecule has 2 amide bonds. The van der Waals surface area contributed by atoms with Crippen LogP contribution in [0.25, 0.3) is 0 Å². The molecule has 5 nitrogen and oxygen atoms in total. The molecule has 0 aliphatic rings. The minimum absolute atomic E-state index is 0.0207. The van der Waals surface area contributed by atoms with Gasteiger partial charge in [-0.3, -0.25) is 5.32 Å². The van der Waals surface area contributed by atoms with Gasteiger partial charge >= 0.3 is 6.03 Å². The smallest absolute Gasteiger partial charge is 0.323 e. The van der Waals surface area contributed by atoms with Crippen LogP contribution < -0.4 is 15.4 Å². The SMILES string of the molecule is Cc1cc(OCNC(=O)Nc2cc(Cl)ccn2)cc(C)c1Cl. The van der Waals surface area contributed by atoms with Crippen LogP contribution in [0.3, 0.4) is 0 Å². The molecule has 0 aliphatic carbocycles. The van der Waals surface area contributed by atoms with E-state index in [1.165, 1.54) is 6.20 Å². The Balaban J connectivity index is 1.84. The van der Waals surface area contributed by atoms with E-state index in [1.54, 1.807) is 12.1 Å². The highest BCUT2D eigenvalue weighted by atomic mass is 35.5. The van der Waals surface area contributed by atoms with Crippen LogP contribution in [0.15, 0.2) is 30.5 Å². The first-order valence-electron chi connectivity index (χ1n) is 6.51. The maximum absolute atomic E-state index is 11.7. The Bertz CT molecular complexity index is 669. The van der Waals surface area contributed by atoms with Crippen molar-refractivity contribution in [1.29, 1.82) is 0 Å². The molecule has 0 spiro atoms. The van der Waals surface area contributed by atoms with Crippen LogP contribution in [0.2, 0.25) is 10.0 Å². The quantitative estimate of drug-likeness (QED) is 0.822. The predicted molar refractivity (Wildman–Crippen MR) is 87.8 cm³/mol. The van der Waals surface area contributed by atoms with Gasteiger partial charge in [0.05, 0.1) is 0 Å². The average Bonchev–Trinajstić information content (AvgIpc) is 2.44. The lowest BCUT2D eigenvalue weighted by Crippen LogP contribution is -2.32. The Morgan fingerprint density at radius 2 is 1.91 bits per heavy atom. The summed E-state index contributed by atoms with van der Waals surface area (Å²) in [6, 6.07) is 6.37. The van der Waals surface area contributed by atoms with Crippen molar-refractivity contribution in [1.82, 2.24) is 10.3 Å². The lowest BCUT2D eigenvalue weighted by Gasteiger charge is -2.11. The van der Waals surface area contributed by atoms with Gasteiger partial charge in [0.1, 0.15) is 11.6 Å². The Hall–Kier alpha value is -1.98. The van der Waals surface area contributed by atoms with Crippen molar-refractivity contribution < 1.29 is 9.53 Å². The molecule has 0 aliphatic heterocycles. The van der Waals surface area contributed by atoms with Gasteiger partial charge in [-0.25, -0.2) is 9.78 Å². The number of amides is 2. The van der Waals surface area contributed by atoms with Gasteiger partial charge in [-0.05, 0) is 49.2 Å². The maximum Gasteiger partial charge on any atom is 0.323 e. The summed E-state index contributed by atoms with van der Waals surface area (Å²) in [5, 5.41) is 6.33. The van der Waals surface area contributed by atoms with Gasteiger partial charge in [0, 0.05) is 16.2 Å². The van der Waals surface area contributed by atoms with Crippen LogP contribution in [0.1, 0.15) is 11.1 Å². The van der Waals surface area contributed by atoms with Crippen molar-refractivity contribution in [3.63, 3.8) is 0 Å². The molecule has 0 atom stereocenters. The molecule has 0 bridgehead atoms. The molecule has 22 heavy (non-hydrogen) atoms. The third-order valence-electron chi connectivity index (χ3n) is 2.85. The van der Waals surface area contributed by atoms with Gasteiger partial charge in [-0.15, -0.1) is 0 Å². The van der Waals surface area contributed by atoms with Crippen molar-refractivity contribution in [3.05, 3.63) is 51.6 Å². The number of aromatic nitrogens is 1. The Morgan fingerprint density at radius 1 is 1.23 bits per heavy atom. The van der Waals surface area contributed by atoms with Gasteiger partial charge in [0.15, 0.2) is 6.73 Å². The average molecular weight is 340 g/mol. The molecule has 0 fully saturated rings. The summed E-state index contributed by atoms with van der Waals surface area (Å²) in [5.74, 6) is 1.00. The largest absolute Gasteiger partial charge is 0.473 e. The Labute approximate surface area is 138 Å². The van der Waals surface area contributed by atoms with Gasteiger partial charge in [-0.1, -0.05) is 23.2 Å². The van der Waals surface area contributed by atoms with Crippen molar-refractivity contribution in [3.8, 4) is 5.75 Å². The van der Waals surface area contributed by atoms with Crippen LogP contribution in [-0.2, 0) is 0 Å². The summed E-state index contributed by atoms with van der Waals surface area (Å²) in [6.45, 7) is 3.81. The number of carbonyl (C=O) groups excluding carboxylic acids is 1. The second-order valence-electron chi connectivity index (χ2n) is 4.65. The first kappa shape index (κ1) is 16.4. The molecule has 0 saturated heterocycles. The molecule has 0 saturated carbocycles. The fraction of sp³-hybridized carbons (Fsp3) is 0.200. The number of pyridine rings is 1. The second kappa shape index (κ2) is 7.33. The third-order valence-corrected chi connectivity index (χ3v) is 3.68.